The van der Waals surface area contributed by atoms with Gasteiger partial charge in [0.1, 0.15) is 0 Å². The van der Waals surface area contributed by atoms with Crippen molar-refractivity contribution in [3.8, 4) is 0 Å². The van der Waals surface area contributed by atoms with Gasteiger partial charge >= 0.3 is 5.97 Å². The summed E-state index contributed by atoms with van der Waals surface area (Å²) in [6.07, 6.45) is 0.211. The first-order valence-corrected chi connectivity index (χ1v) is 7.66. The number of carboxylic acid groups (broad SMARTS) is 1. The van der Waals surface area contributed by atoms with Crippen LogP contribution in [-0.4, -0.2) is 19.1 Å². The van der Waals surface area contributed by atoms with E-state index in [9.17, 15) is 4.79 Å². The van der Waals surface area contributed by atoms with E-state index >= 15 is 0 Å². The average molecular weight is 186 g/mol. The van der Waals surface area contributed by atoms with Crippen molar-refractivity contribution in [2.24, 2.45) is 5.92 Å². The summed E-state index contributed by atoms with van der Waals surface area (Å²) in [5.41, 5.74) is 0. The second-order valence-electron chi connectivity index (χ2n) is 4.27. The lowest BCUT2D eigenvalue weighted by molar-refractivity contribution is -0.137. The lowest BCUT2D eigenvalue weighted by atomic mass is 10.1. The Morgan fingerprint density at radius 2 is 1.92 bits per heavy atom. The maximum atomic E-state index is 10.4. The van der Waals surface area contributed by atoms with E-state index in [0.717, 1.165) is 5.20 Å². The van der Waals surface area contributed by atoms with Gasteiger partial charge in [0.15, 0.2) is 0 Å². The van der Waals surface area contributed by atoms with E-state index in [1.807, 2.05) is 6.92 Å². The van der Waals surface area contributed by atoms with Gasteiger partial charge in [0.2, 0.25) is 0 Å². The van der Waals surface area contributed by atoms with E-state index in [1.54, 1.807) is 0 Å². The number of carboxylic acids is 1. The van der Waals surface area contributed by atoms with E-state index in [4.69, 9.17) is 5.11 Å². The molecule has 0 aliphatic heterocycles. The Morgan fingerprint density at radius 1 is 1.50 bits per heavy atom. The van der Waals surface area contributed by atoms with Gasteiger partial charge in [-0.25, -0.2) is 0 Å². The molecular formula is C9H18O2Si. The highest BCUT2D eigenvalue weighted by atomic mass is 28.3. The molecule has 0 rings (SSSR count). The topological polar surface area (TPSA) is 37.3 Å². The molecule has 12 heavy (non-hydrogen) atoms. The highest BCUT2D eigenvalue weighted by molar-refractivity contribution is 6.83. The fourth-order valence-electron chi connectivity index (χ4n) is 1.12. The number of rotatable bonds is 4. The van der Waals surface area contributed by atoms with Crippen LogP contribution in [0.5, 0.6) is 0 Å². The van der Waals surface area contributed by atoms with Gasteiger partial charge in [0.25, 0.3) is 0 Å². The van der Waals surface area contributed by atoms with E-state index in [1.165, 1.54) is 0 Å². The van der Waals surface area contributed by atoms with Crippen molar-refractivity contribution in [3.63, 3.8) is 0 Å². The van der Waals surface area contributed by atoms with Crippen molar-refractivity contribution >= 4 is 14.0 Å². The molecule has 0 radical (unpaired) electrons. The van der Waals surface area contributed by atoms with Gasteiger partial charge in [0, 0.05) is 0 Å². The number of allylic oxidation sites excluding steroid dienone is 1. The Kier molecular flexibility index (Phi) is 3.71. The van der Waals surface area contributed by atoms with Gasteiger partial charge in [0.05, 0.1) is 14.5 Å². The van der Waals surface area contributed by atoms with Crippen LogP contribution in [-0.2, 0) is 4.79 Å². The predicted octanol–water partition coefficient (Wildman–Crippen LogP) is 2.53. The van der Waals surface area contributed by atoms with Gasteiger partial charge in [-0.15, -0.1) is 6.58 Å². The maximum absolute atomic E-state index is 10.4. The minimum atomic E-state index is -1.35. The molecule has 0 aromatic heterocycles. The average Bonchev–Trinajstić information content (AvgIpc) is 1.82. The smallest absolute Gasteiger partial charge is 0.303 e. The zero-order valence-electron chi connectivity index (χ0n) is 8.35. The van der Waals surface area contributed by atoms with E-state index in [0.29, 0.717) is 0 Å². The number of aliphatic carboxylic acids is 1. The minimum Gasteiger partial charge on any atom is -0.481 e. The summed E-state index contributed by atoms with van der Waals surface area (Å²) < 4.78 is 0. The monoisotopic (exact) mass is 186 g/mol. The summed E-state index contributed by atoms with van der Waals surface area (Å²) in [7, 11) is -1.35. The third-order valence-electron chi connectivity index (χ3n) is 2.04. The highest BCUT2D eigenvalue weighted by Gasteiger charge is 2.23. The second kappa shape index (κ2) is 3.89. The summed E-state index contributed by atoms with van der Waals surface area (Å²) in [5.74, 6) is -0.615. The Balaban J connectivity index is 4.21. The Labute approximate surface area is 75.3 Å². The van der Waals surface area contributed by atoms with Crippen LogP contribution in [0.3, 0.4) is 0 Å². The van der Waals surface area contributed by atoms with Crippen LogP contribution >= 0.6 is 0 Å². The Morgan fingerprint density at radius 3 is 2.17 bits per heavy atom. The Bertz CT molecular complexity index is 191. The molecule has 0 heterocycles. The number of hydrogen-bond donors (Lipinski definition) is 1. The highest BCUT2D eigenvalue weighted by Crippen LogP contribution is 2.23. The van der Waals surface area contributed by atoms with E-state index in [2.05, 4.69) is 26.2 Å². The van der Waals surface area contributed by atoms with Crippen LogP contribution in [0.25, 0.3) is 0 Å². The first kappa shape index (κ1) is 11.4. The number of hydrogen-bond acceptors (Lipinski definition) is 1. The molecule has 70 valence electrons. The molecular weight excluding hydrogens is 168 g/mol. The van der Waals surface area contributed by atoms with Gasteiger partial charge in [-0.3, -0.25) is 4.79 Å². The summed E-state index contributed by atoms with van der Waals surface area (Å²) in [6, 6.07) is 0. The van der Waals surface area contributed by atoms with Crippen molar-refractivity contribution in [3.05, 3.63) is 11.8 Å². The Hall–Kier alpha value is -0.573. The zero-order chi connectivity index (χ0) is 9.94. The van der Waals surface area contributed by atoms with Crippen LogP contribution < -0.4 is 0 Å². The van der Waals surface area contributed by atoms with Gasteiger partial charge in [-0.05, 0) is 5.92 Å². The lowest BCUT2D eigenvalue weighted by Gasteiger charge is -2.24. The number of carbonyl (C=O) groups is 1. The fraction of sp³-hybridized carbons (Fsp3) is 0.667. The van der Waals surface area contributed by atoms with Crippen LogP contribution in [0.15, 0.2) is 11.8 Å². The largest absolute Gasteiger partial charge is 0.481 e. The standard InChI is InChI=1S/C9H18O2Si/c1-7(6-9(10)11)8(2)12(3,4)5/h7H,2,6H2,1,3-5H3,(H,10,11). The van der Waals surface area contributed by atoms with Crippen molar-refractivity contribution < 1.29 is 9.90 Å². The molecule has 0 fully saturated rings. The lowest BCUT2D eigenvalue weighted by Crippen LogP contribution is -2.28. The van der Waals surface area contributed by atoms with Crippen LogP contribution in [0.4, 0.5) is 0 Å². The second-order valence-corrected chi connectivity index (χ2v) is 9.42. The predicted molar refractivity (Wildman–Crippen MR) is 53.9 cm³/mol. The fourth-order valence-corrected chi connectivity index (χ4v) is 2.70. The molecule has 0 aromatic rings. The normalized spacial score (nSPS) is 14.0. The summed E-state index contributed by atoms with van der Waals surface area (Å²) in [6.45, 7) is 12.5. The molecule has 2 nitrogen and oxygen atoms in total. The minimum absolute atomic E-state index is 0.120. The first-order valence-electron chi connectivity index (χ1n) is 4.16. The van der Waals surface area contributed by atoms with Crippen molar-refractivity contribution in [2.75, 3.05) is 0 Å². The molecule has 3 heteroatoms. The maximum Gasteiger partial charge on any atom is 0.303 e. The van der Waals surface area contributed by atoms with Crippen molar-refractivity contribution in [1.82, 2.24) is 0 Å². The zero-order valence-corrected chi connectivity index (χ0v) is 9.35. The van der Waals surface area contributed by atoms with Crippen LogP contribution in [0, 0.1) is 5.92 Å². The van der Waals surface area contributed by atoms with Gasteiger partial charge in [-0.2, -0.15) is 0 Å². The first-order chi connectivity index (χ1) is 5.25. The van der Waals surface area contributed by atoms with Crippen LogP contribution in [0.2, 0.25) is 19.6 Å². The van der Waals surface area contributed by atoms with Crippen molar-refractivity contribution in [2.45, 2.75) is 33.0 Å². The summed E-state index contributed by atoms with van der Waals surface area (Å²) >= 11 is 0. The molecule has 0 amide bonds. The van der Waals surface area contributed by atoms with E-state index in [-0.39, 0.29) is 12.3 Å². The third-order valence-corrected chi connectivity index (χ3v) is 4.46. The third kappa shape index (κ3) is 3.71. The molecule has 0 spiro atoms. The summed E-state index contributed by atoms with van der Waals surface area (Å²) in [5, 5.41) is 9.72. The van der Waals surface area contributed by atoms with Gasteiger partial charge < -0.3 is 5.11 Å². The van der Waals surface area contributed by atoms with E-state index < -0.39 is 14.0 Å². The molecule has 0 aromatic carbocycles. The molecule has 1 N–H and O–H groups in total. The van der Waals surface area contributed by atoms with Crippen molar-refractivity contribution in [1.29, 1.82) is 0 Å². The molecule has 0 aliphatic rings. The SMILES string of the molecule is C=C(C(C)CC(=O)O)[Si](C)(C)C. The molecule has 1 atom stereocenters. The van der Waals surface area contributed by atoms with Gasteiger partial charge in [-0.1, -0.05) is 31.8 Å². The molecule has 1 unspecified atom stereocenters. The molecule has 0 saturated heterocycles. The summed E-state index contributed by atoms with van der Waals surface area (Å²) in [4.78, 5) is 10.4. The molecule has 0 saturated carbocycles. The van der Waals surface area contributed by atoms with Crippen LogP contribution in [0.1, 0.15) is 13.3 Å². The molecule has 0 aliphatic carbocycles. The molecule has 0 bridgehead atoms. The quantitative estimate of drug-likeness (QED) is 0.685.